The van der Waals surface area contributed by atoms with Gasteiger partial charge in [0.1, 0.15) is 5.15 Å². The van der Waals surface area contributed by atoms with E-state index in [0.717, 1.165) is 0 Å². The third-order valence-corrected chi connectivity index (χ3v) is 3.05. The summed E-state index contributed by atoms with van der Waals surface area (Å²) in [5, 5.41) is 11.8. The third-order valence-electron chi connectivity index (χ3n) is 2.59. The summed E-state index contributed by atoms with van der Waals surface area (Å²) >= 11 is 11.6. The average Bonchev–Trinajstić information content (AvgIpc) is 2.22. The van der Waals surface area contributed by atoms with Crippen molar-refractivity contribution in [2.24, 2.45) is 5.41 Å². The molecule has 0 saturated carbocycles. The van der Waals surface area contributed by atoms with E-state index in [4.69, 9.17) is 28.3 Å². The lowest BCUT2D eigenvalue weighted by Crippen LogP contribution is -2.29. The molecule has 0 atom stereocenters. The summed E-state index contributed by atoms with van der Waals surface area (Å²) in [5.41, 5.74) is -0.145. The molecule has 0 unspecified atom stereocenters. The smallest absolute Gasteiger partial charge is 0.309 e. The van der Waals surface area contributed by atoms with Gasteiger partial charge in [0, 0.05) is 6.42 Å². The van der Waals surface area contributed by atoms with Gasteiger partial charge in [-0.1, -0.05) is 23.2 Å². The summed E-state index contributed by atoms with van der Waals surface area (Å²) in [4.78, 5) is 26.6. The van der Waals surface area contributed by atoms with Crippen molar-refractivity contribution >= 4 is 40.8 Å². The van der Waals surface area contributed by atoms with Gasteiger partial charge >= 0.3 is 5.97 Å². The SMILES string of the molecule is Cc1cc(Cl)nc(Cl)c1NC(=O)CC(C)(C)C(=O)O. The van der Waals surface area contributed by atoms with Crippen molar-refractivity contribution in [2.75, 3.05) is 5.32 Å². The van der Waals surface area contributed by atoms with Crippen molar-refractivity contribution < 1.29 is 14.7 Å². The minimum absolute atomic E-state index is 0.0754. The van der Waals surface area contributed by atoms with E-state index in [9.17, 15) is 9.59 Å². The Morgan fingerprint density at radius 2 is 2.00 bits per heavy atom. The van der Waals surface area contributed by atoms with Crippen molar-refractivity contribution in [3.8, 4) is 0 Å². The second kappa shape index (κ2) is 5.75. The summed E-state index contributed by atoms with van der Waals surface area (Å²) in [5.74, 6) is -1.48. The summed E-state index contributed by atoms with van der Waals surface area (Å²) < 4.78 is 0. The van der Waals surface area contributed by atoms with E-state index in [1.165, 1.54) is 13.8 Å². The molecule has 0 aliphatic rings. The molecular weight excluding hydrogens is 291 g/mol. The van der Waals surface area contributed by atoms with Gasteiger partial charge in [0.2, 0.25) is 5.91 Å². The number of amides is 1. The number of aromatic nitrogens is 1. The molecule has 2 N–H and O–H groups in total. The summed E-state index contributed by atoms with van der Waals surface area (Å²) in [7, 11) is 0. The molecule has 19 heavy (non-hydrogen) atoms. The predicted octanol–water partition coefficient (Wildman–Crippen LogP) is 3.14. The van der Waals surface area contributed by atoms with Crippen molar-refractivity contribution in [1.82, 2.24) is 4.98 Å². The molecule has 0 bridgehead atoms. The van der Waals surface area contributed by atoms with E-state index in [1.54, 1.807) is 13.0 Å². The molecule has 0 aliphatic carbocycles. The number of hydrogen-bond acceptors (Lipinski definition) is 3. The van der Waals surface area contributed by atoms with E-state index >= 15 is 0 Å². The van der Waals surface area contributed by atoms with Crippen molar-refractivity contribution in [1.29, 1.82) is 0 Å². The lowest BCUT2D eigenvalue weighted by Gasteiger charge is -2.19. The number of carboxylic acid groups (broad SMARTS) is 1. The largest absolute Gasteiger partial charge is 0.481 e. The second-order valence-corrected chi connectivity index (χ2v) is 5.59. The second-order valence-electron chi connectivity index (χ2n) is 4.84. The van der Waals surface area contributed by atoms with Gasteiger partial charge < -0.3 is 10.4 Å². The van der Waals surface area contributed by atoms with Crippen LogP contribution in [0.3, 0.4) is 0 Å². The van der Waals surface area contributed by atoms with Crippen molar-refractivity contribution in [2.45, 2.75) is 27.2 Å². The highest BCUT2D eigenvalue weighted by atomic mass is 35.5. The van der Waals surface area contributed by atoms with Crippen LogP contribution in [0.15, 0.2) is 6.07 Å². The highest BCUT2D eigenvalue weighted by Crippen LogP contribution is 2.28. The van der Waals surface area contributed by atoms with Crippen molar-refractivity contribution in [3.05, 3.63) is 21.9 Å². The quantitative estimate of drug-likeness (QED) is 0.838. The topological polar surface area (TPSA) is 79.3 Å². The lowest BCUT2D eigenvalue weighted by atomic mass is 9.89. The molecule has 0 fully saturated rings. The zero-order chi connectivity index (χ0) is 14.8. The highest BCUT2D eigenvalue weighted by Gasteiger charge is 2.30. The van der Waals surface area contributed by atoms with Gasteiger partial charge in [-0.2, -0.15) is 0 Å². The van der Waals surface area contributed by atoms with Crippen LogP contribution in [0.4, 0.5) is 5.69 Å². The number of nitrogens with zero attached hydrogens (tertiary/aromatic N) is 1. The van der Waals surface area contributed by atoms with Crippen LogP contribution in [0.1, 0.15) is 25.8 Å². The molecule has 5 nitrogen and oxygen atoms in total. The van der Waals surface area contributed by atoms with Crippen molar-refractivity contribution in [3.63, 3.8) is 0 Å². The van der Waals surface area contributed by atoms with Gasteiger partial charge in [-0.05, 0) is 32.4 Å². The Morgan fingerprint density at radius 1 is 1.42 bits per heavy atom. The number of aliphatic carboxylic acids is 1. The average molecular weight is 305 g/mol. The number of pyridine rings is 1. The molecule has 0 radical (unpaired) electrons. The Labute approximate surface area is 120 Å². The number of nitrogens with one attached hydrogen (secondary N) is 1. The molecule has 0 aliphatic heterocycles. The minimum Gasteiger partial charge on any atom is -0.481 e. The molecule has 0 saturated heterocycles. The number of aryl methyl sites for hydroxylation is 1. The molecular formula is C12H14Cl2N2O3. The molecule has 0 spiro atoms. The molecule has 1 aromatic heterocycles. The fraction of sp³-hybridized carbons (Fsp3) is 0.417. The standard InChI is InChI=1S/C12H14Cl2N2O3/c1-6-4-7(13)15-10(14)9(6)16-8(17)5-12(2,3)11(18)19/h4H,5H2,1-3H3,(H,16,17)(H,18,19). The van der Waals surface area contributed by atoms with Gasteiger partial charge in [-0.25, -0.2) is 4.98 Å². The van der Waals surface area contributed by atoms with Gasteiger partial charge in [-0.3, -0.25) is 9.59 Å². The normalized spacial score (nSPS) is 11.2. The Hall–Kier alpha value is -1.33. The number of rotatable bonds is 4. The minimum atomic E-state index is -1.15. The van der Waals surface area contributed by atoms with E-state index in [-0.39, 0.29) is 16.7 Å². The molecule has 1 amide bonds. The summed E-state index contributed by atoms with van der Waals surface area (Å²) in [6, 6.07) is 1.56. The Morgan fingerprint density at radius 3 is 2.47 bits per heavy atom. The number of hydrogen-bond donors (Lipinski definition) is 2. The molecule has 1 aromatic rings. The lowest BCUT2D eigenvalue weighted by molar-refractivity contribution is -0.148. The highest BCUT2D eigenvalue weighted by molar-refractivity contribution is 6.34. The Bertz CT molecular complexity index is 507. The Balaban J connectivity index is 2.87. The first-order chi connectivity index (χ1) is 8.63. The number of carboxylic acids is 1. The van der Waals surface area contributed by atoms with Crippen LogP contribution in [0, 0.1) is 12.3 Å². The monoisotopic (exact) mass is 304 g/mol. The van der Waals surface area contributed by atoms with E-state index in [1.807, 2.05) is 0 Å². The first kappa shape index (κ1) is 15.7. The maximum atomic E-state index is 11.8. The molecule has 104 valence electrons. The van der Waals surface area contributed by atoms with Crippen LogP contribution in [0.5, 0.6) is 0 Å². The van der Waals surface area contributed by atoms with E-state index in [0.29, 0.717) is 11.3 Å². The van der Waals surface area contributed by atoms with Gasteiger partial charge in [0.25, 0.3) is 0 Å². The molecule has 1 heterocycles. The molecule has 7 heteroatoms. The van der Waals surface area contributed by atoms with E-state index < -0.39 is 17.3 Å². The molecule has 1 rings (SSSR count). The number of anilines is 1. The third kappa shape index (κ3) is 4.08. The first-order valence-electron chi connectivity index (χ1n) is 5.49. The number of carbonyl (C=O) groups excluding carboxylic acids is 1. The van der Waals surface area contributed by atoms with E-state index in [2.05, 4.69) is 10.3 Å². The zero-order valence-electron chi connectivity index (χ0n) is 10.8. The fourth-order valence-corrected chi connectivity index (χ4v) is 1.99. The summed E-state index contributed by atoms with van der Waals surface area (Å²) in [6.45, 7) is 4.67. The van der Waals surface area contributed by atoms with Gasteiger partial charge in [0.15, 0.2) is 5.15 Å². The number of carbonyl (C=O) groups is 2. The predicted molar refractivity (Wildman–Crippen MR) is 73.7 cm³/mol. The number of halogens is 2. The van der Waals surface area contributed by atoms with Crippen LogP contribution in [-0.4, -0.2) is 22.0 Å². The van der Waals surface area contributed by atoms with Gasteiger partial charge in [-0.15, -0.1) is 0 Å². The van der Waals surface area contributed by atoms with Gasteiger partial charge in [0.05, 0.1) is 11.1 Å². The maximum absolute atomic E-state index is 11.8. The molecule has 0 aromatic carbocycles. The fourth-order valence-electron chi connectivity index (χ4n) is 1.41. The van der Waals surface area contributed by atoms with Crippen LogP contribution in [0.25, 0.3) is 0 Å². The van der Waals surface area contributed by atoms with Crippen LogP contribution in [-0.2, 0) is 9.59 Å². The summed E-state index contributed by atoms with van der Waals surface area (Å²) in [6.07, 6.45) is -0.166. The Kier molecular flexibility index (Phi) is 4.76. The maximum Gasteiger partial charge on any atom is 0.309 e. The zero-order valence-corrected chi connectivity index (χ0v) is 12.3. The van der Waals surface area contributed by atoms with Crippen LogP contribution >= 0.6 is 23.2 Å². The van der Waals surface area contributed by atoms with Crippen LogP contribution in [0.2, 0.25) is 10.3 Å². The first-order valence-corrected chi connectivity index (χ1v) is 6.25. The van der Waals surface area contributed by atoms with Crippen LogP contribution < -0.4 is 5.32 Å².